The molecule has 1 aliphatic rings. The van der Waals surface area contributed by atoms with Crippen LogP contribution in [-0.2, 0) is 23.5 Å². The molecule has 5 nitrogen and oxygen atoms in total. The molecule has 0 bridgehead atoms. The van der Waals surface area contributed by atoms with Crippen LogP contribution in [0, 0.1) is 12.8 Å². The van der Waals surface area contributed by atoms with Crippen LogP contribution in [0.4, 0.5) is 0 Å². The van der Waals surface area contributed by atoms with Crippen LogP contribution in [-0.4, -0.2) is 41.8 Å². The summed E-state index contributed by atoms with van der Waals surface area (Å²) in [4.78, 5) is 4.58. The van der Waals surface area contributed by atoms with Crippen molar-refractivity contribution in [1.29, 1.82) is 0 Å². The summed E-state index contributed by atoms with van der Waals surface area (Å²) in [6.07, 6.45) is 6.04. The van der Waals surface area contributed by atoms with Gasteiger partial charge in [-0.2, -0.15) is 0 Å². The number of nitrogens with zero attached hydrogens (tertiary/aromatic N) is 2. The first-order chi connectivity index (χ1) is 15.9. The molecular weight excluding hydrogens is 448 g/mol. The highest BCUT2D eigenvalue weighted by atomic mass is 35.5. The van der Waals surface area contributed by atoms with Crippen LogP contribution in [0.5, 0.6) is 0 Å². The van der Waals surface area contributed by atoms with Crippen molar-refractivity contribution in [2.45, 2.75) is 51.4 Å². The first kappa shape index (κ1) is 26.4. The molecule has 1 atom stereocenters. The lowest BCUT2D eigenvalue weighted by atomic mass is 9.80. The van der Waals surface area contributed by atoms with Gasteiger partial charge in [-0.3, -0.25) is 0 Å². The van der Waals surface area contributed by atoms with Gasteiger partial charge in [-0.25, -0.2) is 4.98 Å². The lowest BCUT2D eigenvalue weighted by Gasteiger charge is -2.32. The largest absolute Gasteiger partial charge is 1.00 e. The Hall–Kier alpha value is -2.18. The maximum Gasteiger partial charge on any atom is 0.231 e. The first-order valence-electron chi connectivity index (χ1n) is 12.1. The number of quaternary nitrogens is 1. The van der Waals surface area contributed by atoms with E-state index in [1.54, 1.807) is 6.20 Å². The molecule has 1 aliphatic carbocycles. The van der Waals surface area contributed by atoms with Crippen LogP contribution >= 0.6 is 0 Å². The van der Waals surface area contributed by atoms with E-state index < -0.39 is 5.60 Å². The summed E-state index contributed by atoms with van der Waals surface area (Å²) < 4.78 is 12.9. The minimum atomic E-state index is -1.18. The molecule has 1 saturated carbocycles. The molecule has 34 heavy (non-hydrogen) atoms. The lowest BCUT2D eigenvalue weighted by molar-refractivity contribution is -0.905. The van der Waals surface area contributed by atoms with Crippen molar-refractivity contribution < 1.29 is 31.2 Å². The Morgan fingerprint density at radius 1 is 1.06 bits per heavy atom. The van der Waals surface area contributed by atoms with Crippen molar-refractivity contribution in [3.05, 3.63) is 89.1 Å². The monoisotopic (exact) mass is 484 g/mol. The summed E-state index contributed by atoms with van der Waals surface area (Å²) in [6.45, 7) is 4.92. The van der Waals surface area contributed by atoms with Crippen molar-refractivity contribution in [3.63, 3.8) is 0 Å². The number of hydrogen-bond donors (Lipinski definition) is 1. The summed E-state index contributed by atoms with van der Waals surface area (Å²) in [7, 11) is 4.33. The molecule has 0 spiro atoms. The summed E-state index contributed by atoms with van der Waals surface area (Å²) in [5.74, 6) is 1.34. The van der Waals surface area contributed by atoms with Gasteiger partial charge in [-0.05, 0) is 30.9 Å². The number of aromatic nitrogens is 1. The van der Waals surface area contributed by atoms with Crippen LogP contribution in [0.15, 0.2) is 65.2 Å². The Morgan fingerprint density at radius 2 is 1.74 bits per heavy atom. The summed E-state index contributed by atoms with van der Waals surface area (Å²) in [5.41, 5.74) is 2.14. The Balaban J connectivity index is 0.00000324. The fourth-order valence-corrected chi connectivity index (χ4v) is 4.81. The zero-order valence-corrected chi connectivity index (χ0v) is 21.3. The highest BCUT2D eigenvalue weighted by Crippen LogP contribution is 2.44. The molecule has 0 saturated heterocycles. The second-order valence-electron chi connectivity index (χ2n) is 10.1. The molecule has 4 rings (SSSR count). The Morgan fingerprint density at radius 3 is 2.41 bits per heavy atom. The van der Waals surface area contributed by atoms with Crippen LogP contribution in [0.2, 0.25) is 0 Å². The highest BCUT2D eigenvalue weighted by molar-refractivity contribution is 5.30. The lowest BCUT2D eigenvalue weighted by Crippen LogP contribution is -3.00. The van der Waals surface area contributed by atoms with Gasteiger partial charge in [0.25, 0.3) is 0 Å². The number of rotatable bonds is 10. The van der Waals surface area contributed by atoms with Gasteiger partial charge in [-0.15, -0.1) is 0 Å². The molecule has 6 heteroatoms. The third kappa shape index (κ3) is 6.28. The van der Waals surface area contributed by atoms with Crippen LogP contribution < -0.4 is 12.4 Å². The van der Waals surface area contributed by atoms with E-state index >= 15 is 0 Å². The van der Waals surface area contributed by atoms with Crippen molar-refractivity contribution in [2.24, 2.45) is 5.92 Å². The van der Waals surface area contributed by atoms with Gasteiger partial charge in [0.15, 0.2) is 11.4 Å². The molecule has 0 aliphatic heterocycles. The van der Waals surface area contributed by atoms with Crippen LogP contribution in [0.1, 0.15) is 54.0 Å². The van der Waals surface area contributed by atoms with E-state index in [0.29, 0.717) is 25.6 Å². The molecule has 0 amide bonds. The maximum atomic E-state index is 11.9. The normalized spacial score (nSPS) is 16.2. The SMILES string of the molecule is Cc1ccc(COCC[N+](C)(C)Cc2cnc(C(O)(c3ccccc3)C3CCCC3)o2)cc1.[Cl-]. The molecule has 1 aromatic heterocycles. The number of ether oxygens (including phenoxy) is 1. The van der Waals surface area contributed by atoms with E-state index in [9.17, 15) is 5.11 Å². The fraction of sp³-hybridized carbons (Fsp3) is 0.464. The standard InChI is InChI=1S/C28H37N2O3.ClH/c1-22-13-15-23(16-14-22)21-32-18-17-30(2,3)20-26-19-29-27(33-26)28(31,25-11-7-8-12-25)24-9-5-4-6-10-24;/h4-6,9-10,13-16,19,25,31H,7-8,11-12,17-18,20-21H2,1-3H3;1H/q+1;/p-1. The second kappa shape index (κ2) is 11.5. The summed E-state index contributed by atoms with van der Waals surface area (Å²) >= 11 is 0. The summed E-state index contributed by atoms with van der Waals surface area (Å²) in [6, 6.07) is 18.3. The van der Waals surface area contributed by atoms with Crippen molar-refractivity contribution in [1.82, 2.24) is 4.98 Å². The second-order valence-corrected chi connectivity index (χ2v) is 10.1. The topological polar surface area (TPSA) is 55.5 Å². The highest BCUT2D eigenvalue weighted by Gasteiger charge is 2.45. The Bertz CT molecular complexity index is 1010. The van der Waals surface area contributed by atoms with Gasteiger partial charge in [0.1, 0.15) is 13.1 Å². The zero-order chi connectivity index (χ0) is 23.3. The predicted octanol–water partition coefficient (Wildman–Crippen LogP) is 2.21. The molecular formula is C28H37ClN2O3. The number of benzene rings is 2. The number of oxazole rings is 1. The number of hydrogen-bond acceptors (Lipinski definition) is 4. The molecule has 0 radical (unpaired) electrons. The molecule has 184 valence electrons. The van der Waals surface area contributed by atoms with E-state index in [1.807, 2.05) is 30.3 Å². The molecule has 1 unspecified atom stereocenters. The molecule has 1 heterocycles. The molecule has 2 aromatic carbocycles. The van der Waals surface area contributed by atoms with Crippen LogP contribution in [0.25, 0.3) is 0 Å². The van der Waals surface area contributed by atoms with Gasteiger partial charge in [0.05, 0.1) is 33.5 Å². The van der Waals surface area contributed by atoms with Crippen molar-refractivity contribution in [2.75, 3.05) is 27.2 Å². The number of halogens is 1. The van der Waals surface area contributed by atoms with E-state index in [0.717, 1.165) is 48.0 Å². The Kier molecular flexibility index (Phi) is 8.94. The Labute approximate surface area is 209 Å². The van der Waals surface area contributed by atoms with Gasteiger partial charge < -0.3 is 31.2 Å². The number of likely N-dealkylation sites (N-methyl/N-ethyl adjacent to an activating group) is 1. The van der Waals surface area contributed by atoms with Gasteiger partial charge in [-0.1, -0.05) is 73.0 Å². The maximum absolute atomic E-state index is 11.9. The minimum absolute atomic E-state index is 0. The predicted molar refractivity (Wildman–Crippen MR) is 129 cm³/mol. The van der Waals surface area contributed by atoms with E-state index in [2.05, 4.69) is 50.3 Å². The van der Waals surface area contributed by atoms with Gasteiger partial charge >= 0.3 is 0 Å². The average molecular weight is 485 g/mol. The molecule has 1 N–H and O–H groups in total. The number of aryl methyl sites for hydroxylation is 1. The van der Waals surface area contributed by atoms with Crippen molar-refractivity contribution in [3.8, 4) is 0 Å². The van der Waals surface area contributed by atoms with Crippen molar-refractivity contribution >= 4 is 0 Å². The van der Waals surface area contributed by atoms with Gasteiger partial charge in [0.2, 0.25) is 5.89 Å². The van der Waals surface area contributed by atoms with Gasteiger partial charge in [0, 0.05) is 5.92 Å². The zero-order valence-electron chi connectivity index (χ0n) is 20.5. The molecule has 3 aromatic rings. The minimum Gasteiger partial charge on any atom is -1.00 e. The first-order valence-corrected chi connectivity index (χ1v) is 12.1. The van der Waals surface area contributed by atoms with E-state index in [4.69, 9.17) is 9.15 Å². The quantitative estimate of drug-likeness (QED) is 0.354. The molecule has 1 fully saturated rings. The van der Waals surface area contributed by atoms with E-state index in [1.165, 1.54) is 11.1 Å². The smallest absolute Gasteiger partial charge is 0.231 e. The van der Waals surface area contributed by atoms with Crippen LogP contribution in [0.3, 0.4) is 0 Å². The fourth-order valence-electron chi connectivity index (χ4n) is 4.81. The van der Waals surface area contributed by atoms with E-state index in [-0.39, 0.29) is 18.3 Å². The average Bonchev–Trinajstić information content (AvgIpc) is 3.51. The third-order valence-corrected chi connectivity index (χ3v) is 6.85. The summed E-state index contributed by atoms with van der Waals surface area (Å²) in [5, 5.41) is 11.9. The third-order valence-electron chi connectivity index (χ3n) is 6.85. The number of aliphatic hydroxyl groups is 1.